The summed E-state index contributed by atoms with van der Waals surface area (Å²) in [5.74, 6) is 2.45. The van der Waals surface area contributed by atoms with Gasteiger partial charge in [-0.15, -0.1) is 11.6 Å². The van der Waals surface area contributed by atoms with Crippen molar-refractivity contribution < 1.29 is 9.15 Å². The molecule has 0 aliphatic rings. The number of hydrogen-bond acceptors (Lipinski definition) is 2. The SMILES string of the molecule is CCc1ccc(C(Cl)c2cc(Br)c(C)cc2OC)o1. The fourth-order valence-corrected chi connectivity index (χ4v) is 2.57. The van der Waals surface area contributed by atoms with E-state index in [1.165, 1.54) is 0 Å². The van der Waals surface area contributed by atoms with Gasteiger partial charge in [-0.05, 0) is 36.8 Å². The molecule has 1 aromatic carbocycles. The molecule has 0 fully saturated rings. The molecule has 0 aliphatic heterocycles. The Hall–Kier alpha value is -0.930. The van der Waals surface area contributed by atoms with Crippen LogP contribution in [0.3, 0.4) is 0 Å². The fourth-order valence-electron chi connectivity index (χ4n) is 1.92. The highest BCUT2D eigenvalue weighted by atomic mass is 79.9. The van der Waals surface area contributed by atoms with Crippen LogP contribution in [0, 0.1) is 6.92 Å². The fraction of sp³-hybridized carbons (Fsp3) is 0.333. The zero-order valence-corrected chi connectivity index (χ0v) is 13.5. The maximum atomic E-state index is 6.52. The first-order valence-electron chi connectivity index (χ1n) is 6.13. The van der Waals surface area contributed by atoms with E-state index in [-0.39, 0.29) is 5.38 Å². The van der Waals surface area contributed by atoms with E-state index in [0.29, 0.717) is 0 Å². The van der Waals surface area contributed by atoms with Gasteiger partial charge < -0.3 is 9.15 Å². The highest BCUT2D eigenvalue weighted by molar-refractivity contribution is 9.10. The molecule has 0 N–H and O–H groups in total. The second-order valence-electron chi connectivity index (χ2n) is 4.36. The molecule has 0 spiro atoms. The van der Waals surface area contributed by atoms with E-state index >= 15 is 0 Å². The second-order valence-corrected chi connectivity index (χ2v) is 5.65. The molecule has 1 atom stereocenters. The number of aryl methyl sites for hydroxylation is 2. The van der Waals surface area contributed by atoms with E-state index in [0.717, 1.165) is 39.3 Å². The quantitative estimate of drug-likeness (QED) is 0.707. The lowest BCUT2D eigenvalue weighted by Gasteiger charge is -2.14. The van der Waals surface area contributed by atoms with E-state index in [1.807, 2.05) is 31.2 Å². The molecule has 0 saturated carbocycles. The molecule has 0 bridgehead atoms. The van der Waals surface area contributed by atoms with Gasteiger partial charge in [0.15, 0.2) is 0 Å². The third-order valence-corrected chi connectivity index (χ3v) is 4.37. The lowest BCUT2D eigenvalue weighted by molar-refractivity contribution is 0.406. The van der Waals surface area contributed by atoms with Gasteiger partial charge in [0, 0.05) is 16.5 Å². The van der Waals surface area contributed by atoms with E-state index in [4.69, 9.17) is 20.8 Å². The maximum absolute atomic E-state index is 6.52. The number of rotatable bonds is 4. The Balaban J connectivity index is 2.42. The molecule has 1 heterocycles. The molecule has 2 nitrogen and oxygen atoms in total. The van der Waals surface area contributed by atoms with Gasteiger partial charge in [-0.1, -0.05) is 22.9 Å². The Morgan fingerprint density at radius 1 is 1.37 bits per heavy atom. The summed E-state index contributed by atoms with van der Waals surface area (Å²) < 4.78 is 12.1. The van der Waals surface area contributed by atoms with Gasteiger partial charge in [0.1, 0.15) is 22.6 Å². The number of halogens is 2. The minimum absolute atomic E-state index is 0.354. The summed E-state index contributed by atoms with van der Waals surface area (Å²) in [4.78, 5) is 0. The van der Waals surface area contributed by atoms with E-state index in [1.54, 1.807) is 7.11 Å². The summed E-state index contributed by atoms with van der Waals surface area (Å²) in [6.07, 6.45) is 0.859. The monoisotopic (exact) mass is 342 g/mol. The number of ether oxygens (including phenoxy) is 1. The van der Waals surface area contributed by atoms with E-state index in [9.17, 15) is 0 Å². The van der Waals surface area contributed by atoms with Crippen LogP contribution in [0.1, 0.15) is 34.9 Å². The van der Waals surface area contributed by atoms with Crippen LogP contribution in [0.25, 0.3) is 0 Å². The van der Waals surface area contributed by atoms with Crippen molar-refractivity contribution in [2.45, 2.75) is 25.6 Å². The average Bonchev–Trinajstić information content (AvgIpc) is 2.89. The molecule has 0 amide bonds. The molecule has 2 aromatic rings. The standard InChI is InChI=1S/C15H16BrClO2/c1-4-10-5-6-13(19-10)15(17)11-8-12(16)9(2)7-14(11)18-3/h5-8,15H,4H2,1-3H3. The Morgan fingerprint density at radius 2 is 2.11 bits per heavy atom. The molecule has 19 heavy (non-hydrogen) atoms. The van der Waals surface area contributed by atoms with Crippen molar-refractivity contribution >= 4 is 27.5 Å². The largest absolute Gasteiger partial charge is 0.496 e. The van der Waals surface area contributed by atoms with Crippen molar-refractivity contribution in [1.82, 2.24) is 0 Å². The second kappa shape index (κ2) is 6.02. The van der Waals surface area contributed by atoms with Crippen LogP contribution in [-0.4, -0.2) is 7.11 Å². The topological polar surface area (TPSA) is 22.4 Å². The Bertz CT molecular complexity index is 578. The highest BCUT2D eigenvalue weighted by Gasteiger charge is 2.20. The number of alkyl halides is 1. The molecule has 0 radical (unpaired) electrons. The minimum Gasteiger partial charge on any atom is -0.496 e. The molecular formula is C15H16BrClO2. The van der Waals surface area contributed by atoms with Crippen molar-refractivity contribution in [3.05, 3.63) is 51.4 Å². The third kappa shape index (κ3) is 2.98. The van der Waals surface area contributed by atoms with Crippen LogP contribution in [0.2, 0.25) is 0 Å². The average molecular weight is 344 g/mol. The molecule has 2 rings (SSSR count). The van der Waals surface area contributed by atoms with E-state index in [2.05, 4.69) is 22.9 Å². The van der Waals surface area contributed by atoms with Gasteiger partial charge in [0.25, 0.3) is 0 Å². The van der Waals surface area contributed by atoms with Crippen LogP contribution in [0.5, 0.6) is 5.75 Å². The van der Waals surface area contributed by atoms with Crippen molar-refractivity contribution in [3.8, 4) is 5.75 Å². The summed E-state index contributed by atoms with van der Waals surface area (Å²) in [7, 11) is 1.65. The third-order valence-electron chi connectivity index (χ3n) is 3.06. The molecular weight excluding hydrogens is 328 g/mol. The van der Waals surface area contributed by atoms with Gasteiger partial charge in [-0.25, -0.2) is 0 Å². The smallest absolute Gasteiger partial charge is 0.126 e. The molecule has 102 valence electrons. The maximum Gasteiger partial charge on any atom is 0.126 e. The predicted molar refractivity (Wildman–Crippen MR) is 81.2 cm³/mol. The van der Waals surface area contributed by atoms with Crippen molar-refractivity contribution in [2.75, 3.05) is 7.11 Å². The minimum atomic E-state index is -0.354. The predicted octanol–water partition coefficient (Wildman–Crippen LogP) is 5.25. The molecule has 0 aliphatic carbocycles. The summed E-state index contributed by atoms with van der Waals surface area (Å²) in [5, 5.41) is -0.354. The highest BCUT2D eigenvalue weighted by Crippen LogP contribution is 2.38. The number of hydrogen-bond donors (Lipinski definition) is 0. The summed E-state index contributed by atoms with van der Waals surface area (Å²) >= 11 is 10.0. The van der Waals surface area contributed by atoms with Gasteiger partial charge in [-0.2, -0.15) is 0 Å². The summed E-state index contributed by atoms with van der Waals surface area (Å²) in [6, 6.07) is 7.84. The molecule has 1 aromatic heterocycles. The van der Waals surface area contributed by atoms with E-state index < -0.39 is 0 Å². The van der Waals surface area contributed by atoms with Crippen LogP contribution in [-0.2, 0) is 6.42 Å². The van der Waals surface area contributed by atoms with Crippen molar-refractivity contribution in [1.29, 1.82) is 0 Å². The zero-order chi connectivity index (χ0) is 14.0. The van der Waals surface area contributed by atoms with Gasteiger partial charge in [0.05, 0.1) is 7.11 Å². The number of benzene rings is 1. The lowest BCUT2D eigenvalue weighted by Crippen LogP contribution is -1.98. The normalized spacial score (nSPS) is 12.5. The molecule has 1 unspecified atom stereocenters. The Kier molecular flexibility index (Phi) is 4.58. The molecule has 4 heteroatoms. The summed E-state index contributed by atoms with van der Waals surface area (Å²) in [6.45, 7) is 4.07. The number of furan rings is 1. The Labute approximate surface area is 126 Å². The van der Waals surface area contributed by atoms with Gasteiger partial charge >= 0.3 is 0 Å². The number of methoxy groups -OCH3 is 1. The zero-order valence-electron chi connectivity index (χ0n) is 11.2. The van der Waals surface area contributed by atoms with Gasteiger partial charge in [-0.3, -0.25) is 0 Å². The Morgan fingerprint density at radius 3 is 2.68 bits per heavy atom. The summed E-state index contributed by atoms with van der Waals surface area (Å²) in [5.41, 5.74) is 2.01. The van der Waals surface area contributed by atoms with Gasteiger partial charge in [0.2, 0.25) is 0 Å². The first-order chi connectivity index (χ1) is 9.06. The van der Waals surface area contributed by atoms with Crippen molar-refractivity contribution in [2.24, 2.45) is 0 Å². The molecule has 0 saturated heterocycles. The van der Waals surface area contributed by atoms with Crippen LogP contribution < -0.4 is 4.74 Å². The van der Waals surface area contributed by atoms with Crippen LogP contribution >= 0.6 is 27.5 Å². The van der Waals surface area contributed by atoms with Crippen LogP contribution in [0.4, 0.5) is 0 Å². The van der Waals surface area contributed by atoms with Crippen LogP contribution in [0.15, 0.2) is 33.2 Å². The first-order valence-corrected chi connectivity index (χ1v) is 7.36. The first kappa shape index (κ1) is 14.5. The van der Waals surface area contributed by atoms with Crippen molar-refractivity contribution in [3.63, 3.8) is 0 Å². The lowest BCUT2D eigenvalue weighted by atomic mass is 10.1.